The highest BCUT2D eigenvalue weighted by Crippen LogP contribution is 2.21. The number of benzene rings is 1. The second kappa shape index (κ2) is 6.76. The Morgan fingerprint density at radius 3 is 2.86 bits per heavy atom. The molecular formula is C15H20N4OS. The van der Waals surface area contributed by atoms with Crippen LogP contribution in [0.4, 0.5) is 5.69 Å². The lowest BCUT2D eigenvalue weighted by Crippen LogP contribution is -2.15. The summed E-state index contributed by atoms with van der Waals surface area (Å²) in [6.07, 6.45) is 1.69. The zero-order valence-electron chi connectivity index (χ0n) is 12.8. The van der Waals surface area contributed by atoms with Crippen molar-refractivity contribution in [3.63, 3.8) is 0 Å². The molecule has 0 unspecified atom stereocenters. The Kier molecular flexibility index (Phi) is 5.01. The van der Waals surface area contributed by atoms with Crippen LogP contribution in [0.1, 0.15) is 31.0 Å². The van der Waals surface area contributed by atoms with E-state index in [9.17, 15) is 4.79 Å². The van der Waals surface area contributed by atoms with Gasteiger partial charge in [-0.2, -0.15) is 0 Å². The molecule has 1 aromatic heterocycles. The van der Waals surface area contributed by atoms with Gasteiger partial charge in [0.2, 0.25) is 5.91 Å². The lowest BCUT2D eigenvalue weighted by atomic mass is 10.1. The van der Waals surface area contributed by atoms with Crippen molar-refractivity contribution in [3.05, 3.63) is 35.7 Å². The lowest BCUT2D eigenvalue weighted by Gasteiger charge is -2.11. The summed E-state index contributed by atoms with van der Waals surface area (Å²) in [7, 11) is 0. The standard InChI is InChI=1S/C15H20N4OS/c1-10(2)19-9-16-18-15(19)21-8-14(20)17-13-7-5-6-11(3)12(13)4/h5-7,9-10H,8H2,1-4H3,(H,17,20). The molecule has 112 valence electrons. The van der Waals surface area contributed by atoms with Gasteiger partial charge >= 0.3 is 0 Å². The first-order valence-electron chi connectivity index (χ1n) is 6.87. The monoisotopic (exact) mass is 304 g/mol. The molecule has 0 saturated carbocycles. The number of thioether (sulfide) groups is 1. The van der Waals surface area contributed by atoms with E-state index in [0.29, 0.717) is 5.75 Å². The Labute approximate surface area is 129 Å². The zero-order chi connectivity index (χ0) is 15.4. The van der Waals surface area contributed by atoms with E-state index in [0.717, 1.165) is 16.4 Å². The molecule has 2 aromatic rings. The first-order chi connectivity index (χ1) is 9.99. The largest absolute Gasteiger partial charge is 0.325 e. The maximum atomic E-state index is 12.1. The molecular weight excluding hydrogens is 284 g/mol. The molecule has 0 radical (unpaired) electrons. The van der Waals surface area contributed by atoms with E-state index >= 15 is 0 Å². The van der Waals surface area contributed by atoms with Crippen molar-refractivity contribution in [2.75, 3.05) is 11.1 Å². The Morgan fingerprint density at radius 1 is 1.38 bits per heavy atom. The van der Waals surface area contributed by atoms with E-state index in [1.54, 1.807) is 6.33 Å². The zero-order valence-corrected chi connectivity index (χ0v) is 13.6. The molecule has 0 aliphatic heterocycles. The summed E-state index contributed by atoms with van der Waals surface area (Å²) in [5.74, 6) is 0.283. The number of nitrogens with one attached hydrogen (secondary N) is 1. The van der Waals surface area contributed by atoms with E-state index < -0.39 is 0 Å². The highest BCUT2D eigenvalue weighted by atomic mass is 32.2. The number of carbonyl (C=O) groups is 1. The molecule has 5 nitrogen and oxygen atoms in total. The van der Waals surface area contributed by atoms with E-state index in [4.69, 9.17) is 0 Å². The molecule has 0 spiro atoms. The summed E-state index contributed by atoms with van der Waals surface area (Å²) in [6.45, 7) is 8.16. The van der Waals surface area contributed by atoms with Gasteiger partial charge in [0, 0.05) is 11.7 Å². The summed E-state index contributed by atoms with van der Waals surface area (Å²) >= 11 is 1.40. The topological polar surface area (TPSA) is 59.8 Å². The third kappa shape index (κ3) is 3.85. The normalized spacial score (nSPS) is 10.9. The van der Waals surface area contributed by atoms with Gasteiger partial charge in [0.1, 0.15) is 6.33 Å². The van der Waals surface area contributed by atoms with Crippen molar-refractivity contribution in [3.8, 4) is 0 Å². The van der Waals surface area contributed by atoms with Crippen molar-refractivity contribution in [2.24, 2.45) is 0 Å². The molecule has 0 bridgehead atoms. The molecule has 0 atom stereocenters. The molecule has 1 N–H and O–H groups in total. The molecule has 1 amide bonds. The van der Waals surface area contributed by atoms with Crippen LogP contribution in [0.2, 0.25) is 0 Å². The van der Waals surface area contributed by atoms with Crippen LogP contribution in [0.3, 0.4) is 0 Å². The molecule has 0 aliphatic rings. The second-order valence-corrected chi connectivity index (χ2v) is 6.14. The average molecular weight is 304 g/mol. The van der Waals surface area contributed by atoms with Crippen LogP contribution in [0.15, 0.2) is 29.7 Å². The lowest BCUT2D eigenvalue weighted by molar-refractivity contribution is -0.113. The molecule has 1 aromatic carbocycles. The third-order valence-corrected chi connectivity index (χ3v) is 4.26. The fourth-order valence-electron chi connectivity index (χ4n) is 1.89. The molecule has 1 heterocycles. The predicted molar refractivity (Wildman–Crippen MR) is 85.7 cm³/mol. The second-order valence-electron chi connectivity index (χ2n) is 5.20. The van der Waals surface area contributed by atoms with Crippen molar-refractivity contribution in [1.82, 2.24) is 14.8 Å². The van der Waals surface area contributed by atoms with Crippen LogP contribution in [0.25, 0.3) is 0 Å². The predicted octanol–water partition coefficient (Wildman–Crippen LogP) is 3.21. The quantitative estimate of drug-likeness (QED) is 0.862. The van der Waals surface area contributed by atoms with E-state index in [1.807, 2.05) is 36.6 Å². The first kappa shape index (κ1) is 15.6. The van der Waals surface area contributed by atoms with Crippen LogP contribution in [0, 0.1) is 13.8 Å². The molecule has 0 saturated heterocycles. The molecule has 0 fully saturated rings. The average Bonchev–Trinajstić information content (AvgIpc) is 2.90. The van der Waals surface area contributed by atoms with Gasteiger partial charge in [-0.15, -0.1) is 10.2 Å². The minimum Gasteiger partial charge on any atom is -0.325 e. The third-order valence-electron chi connectivity index (χ3n) is 3.31. The summed E-state index contributed by atoms with van der Waals surface area (Å²) < 4.78 is 1.95. The smallest absolute Gasteiger partial charge is 0.234 e. The van der Waals surface area contributed by atoms with Crippen LogP contribution >= 0.6 is 11.8 Å². The number of anilines is 1. The first-order valence-corrected chi connectivity index (χ1v) is 7.86. The molecule has 0 aliphatic carbocycles. The van der Waals surface area contributed by atoms with Gasteiger partial charge in [-0.3, -0.25) is 4.79 Å². The maximum Gasteiger partial charge on any atom is 0.234 e. The Hall–Kier alpha value is -1.82. The Bertz CT molecular complexity index is 636. The van der Waals surface area contributed by atoms with Gasteiger partial charge in [0.15, 0.2) is 5.16 Å². The number of rotatable bonds is 5. The number of nitrogens with zero attached hydrogens (tertiary/aromatic N) is 3. The highest BCUT2D eigenvalue weighted by Gasteiger charge is 2.11. The maximum absolute atomic E-state index is 12.1. The summed E-state index contributed by atoms with van der Waals surface area (Å²) in [6, 6.07) is 6.18. The van der Waals surface area contributed by atoms with Gasteiger partial charge in [-0.05, 0) is 44.9 Å². The van der Waals surface area contributed by atoms with Crippen molar-refractivity contribution >= 4 is 23.4 Å². The van der Waals surface area contributed by atoms with Crippen LogP contribution < -0.4 is 5.32 Å². The number of hydrogen-bond donors (Lipinski definition) is 1. The fourth-order valence-corrected chi connectivity index (χ4v) is 2.74. The van der Waals surface area contributed by atoms with Gasteiger partial charge in [-0.25, -0.2) is 0 Å². The molecule has 2 rings (SSSR count). The van der Waals surface area contributed by atoms with E-state index in [1.165, 1.54) is 17.3 Å². The number of aromatic nitrogens is 3. The number of aryl methyl sites for hydroxylation is 1. The van der Waals surface area contributed by atoms with Crippen LogP contribution in [-0.2, 0) is 4.79 Å². The SMILES string of the molecule is Cc1cccc(NC(=O)CSc2nncn2C(C)C)c1C. The van der Waals surface area contributed by atoms with Crippen LogP contribution in [-0.4, -0.2) is 26.4 Å². The van der Waals surface area contributed by atoms with Gasteiger partial charge in [0.05, 0.1) is 5.75 Å². The van der Waals surface area contributed by atoms with E-state index in [-0.39, 0.29) is 11.9 Å². The minimum absolute atomic E-state index is 0.0352. The van der Waals surface area contributed by atoms with Crippen molar-refractivity contribution < 1.29 is 4.79 Å². The highest BCUT2D eigenvalue weighted by molar-refractivity contribution is 7.99. The summed E-state index contributed by atoms with van der Waals surface area (Å²) in [5.41, 5.74) is 3.13. The van der Waals surface area contributed by atoms with Crippen molar-refractivity contribution in [1.29, 1.82) is 0 Å². The fraction of sp³-hybridized carbons (Fsp3) is 0.400. The van der Waals surface area contributed by atoms with Crippen molar-refractivity contribution in [2.45, 2.75) is 38.9 Å². The number of amides is 1. The van der Waals surface area contributed by atoms with Gasteiger partial charge < -0.3 is 9.88 Å². The van der Waals surface area contributed by atoms with Crippen LogP contribution in [0.5, 0.6) is 0 Å². The molecule has 21 heavy (non-hydrogen) atoms. The summed E-state index contributed by atoms with van der Waals surface area (Å²) in [4.78, 5) is 12.1. The van der Waals surface area contributed by atoms with Gasteiger partial charge in [-0.1, -0.05) is 23.9 Å². The Morgan fingerprint density at radius 2 is 2.14 bits per heavy atom. The van der Waals surface area contributed by atoms with E-state index in [2.05, 4.69) is 29.4 Å². The number of hydrogen-bond acceptors (Lipinski definition) is 4. The number of carbonyl (C=O) groups excluding carboxylic acids is 1. The summed E-state index contributed by atoms with van der Waals surface area (Å²) in [5, 5.41) is 11.6. The Balaban J connectivity index is 1.96. The molecule has 6 heteroatoms. The minimum atomic E-state index is -0.0352. The van der Waals surface area contributed by atoms with Gasteiger partial charge in [0.25, 0.3) is 0 Å².